The Morgan fingerprint density at radius 1 is 1.09 bits per heavy atom. The molecule has 7 heteroatoms. The van der Waals surface area contributed by atoms with Gasteiger partial charge in [-0.15, -0.1) is 0 Å². The van der Waals surface area contributed by atoms with Crippen molar-refractivity contribution >= 4 is 17.7 Å². The standard InChI is InChI=1S/C14H13FN2O3.C12H25N/c1-7-2-3-8-9(12(7)15)6-17(14(8)20)10-4-5-11(18)16-13(10)19;1-12(2,3)9-10-13-11-7-5-4-6-8-11/h2-3,10H,4-6H2,1H3,(H,16,18,19);11,13H,4-10H2,1-3H3. The molecule has 6 nitrogen and oxygen atoms in total. The number of hydrogen-bond donors (Lipinski definition) is 2. The van der Waals surface area contributed by atoms with Gasteiger partial charge in [-0.1, -0.05) is 46.1 Å². The van der Waals surface area contributed by atoms with Gasteiger partial charge in [-0.05, 0) is 56.2 Å². The van der Waals surface area contributed by atoms with Gasteiger partial charge in [0.1, 0.15) is 11.9 Å². The zero-order valence-corrected chi connectivity index (χ0v) is 20.4. The molecule has 1 saturated heterocycles. The van der Waals surface area contributed by atoms with Crippen molar-refractivity contribution in [1.29, 1.82) is 0 Å². The van der Waals surface area contributed by atoms with Crippen LogP contribution in [0, 0.1) is 18.2 Å². The number of rotatable bonds is 4. The number of hydrogen-bond acceptors (Lipinski definition) is 4. The summed E-state index contributed by atoms with van der Waals surface area (Å²) in [7, 11) is 0. The fraction of sp³-hybridized carbons (Fsp3) is 0.654. The smallest absolute Gasteiger partial charge is 0.255 e. The number of carbonyl (C=O) groups excluding carboxylic acids is 3. The number of halogens is 1. The summed E-state index contributed by atoms with van der Waals surface area (Å²) >= 11 is 0. The van der Waals surface area contributed by atoms with E-state index in [1.165, 1.54) is 50.0 Å². The summed E-state index contributed by atoms with van der Waals surface area (Å²) in [6, 6.07) is 3.27. The maximum absolute atomic E-state index is 14.0. The highest BCUT2D eigenvalue weighted by molar-refractivity contribution is 6.05. The van der Waals surface area contributed by atoms with Crippen LogP contribution in [0.4, 0.5) is 4.39 Å². The summed E-state index contributed by atoms with van der Waals surface area (Å²) < 4.78 is 14.0. The molecule has 1 aromatic carbocycles. The number of benzene rings is 1. The van der Waals surface area contributed by atoms with Gasteiger partial charge in [-0.2, -0.15) is 0 Å². The van der Waals surface area contributed by atoms with Crippen molar-refractivity contribution in [1.82, 2.24) is 15.5 Å². The summed E-state index contributed by atoms with van der Waals surface area (Å²) in [6.45, 7) is 9.86. The molecule has 33 heavy (non-hydrogen) atoms. The van der Waals surface area contributed by atoms with Crippen molar-refractivity contribution in [3.8, 4) is 0 Å². The van der Waals surface area contributed by atoms with Crippen LogP contribution in [-0.4, -0.2) is 41.2 Å². The van der Waals surface area contributed by atoms with E-state index in [-0.39, 0.29) is 31.2 Å². The van der Waals surface area contributed by atoms with Crippen molar-refractivity contribution < 1.29 is 18.8 Å². The number of aryl methyl sites for hydroxylation is 1. The number of carbonyl (C=O) groups is 3. The highest BCUT2D eigenvalue weighted by Crippen LogP contribution is 2.30. The molecule has 1 aliphatic carbocycles. The van der Waals surface area contributed by atoms with Crippen LogP contribution in [0.15, 0.2) is 12.1 Å². The van der Waals surface area contributed by atoms with E-state index < -0.39 is 17.8 Å². The predicted molar refractivity (Wildman–Crippen MR) is 126 cm³/mol. The van der Waals surface area contributed by atoms with Gasteiger partial charge in [-0.3, -0.25) is 19.7 Å². The Kier molecular flexibility index (Phi) is 8.27. The first-order valence-electron chi connectivity index (χ1n) is 12.2. The first kappa shape index (κ1) is 25.3. The van der Waals surface area contributed by atoms with E-state index in [2.05, 4.69) is 31.4 Å². The highest BCUT2D eigenvalue weighted by Gasteiger charge is 2.40. The van der Waals surface area contributed by atoms with Crippen LogP contribution in [0.1, 0.15) is 93.6 Å². The number of nitrogens with zero attached hydrogens (tertiary/aromatic N) is 1. The Labute approximate surface area is 196 Å². The quantitative estimate of drug-likeness (QED) is 0.660. The second-order valence-corrected chi connectivity index (χ2v) is 10.7. The van der Waals surface area contributed by atoms with Crippen molar-refractivity contribution in [2.75, 3.05) is 6.54 Å². The van der Waals surface area contributed by atoms with Gasteiger partial charge in [0, 0.05) is 23.6 Å². The Bertz CT molecular complexity index is 888. The second-order valence-electron chi connectivity index (χ2n) is 10.7. The first-order chi connectivity index (χ1) is 15.6. The molecule has 2 heterocycles. The molecule has 1 unspecified atom stereocenters. The zero-order valence-electron chi connectivity index (χ0n) is 20.4. The van der Waals surface area contributed by atoms with Gasteiger partial charge in [0.2, 0.25) is 11.8 Å². The maximum atomic E-state index is 14.0. The Balaban J connectivity index is 0.000000205. The SMILES string of the molecule is CC(C)(C)CCNC1CCCCC1.Cc1ccc2c(c1F)CN(C1CCC(=O)NC1=O)C2=O. The molecule has 0 aromatic heterocycles. The minimum atomic E-state index is -0.702. The van der Waals surface area contributed by atoms with Gasteiger partial charge in [0.05, 0.1) is 6.54 Å². The summed E-state index contributed by atoms with van der Waals surface area (Å²) in [5.74, 6) is -1.57. The van der Waals surface area contributed by atoms with Crippen molar-refractivity contribution in [3.63, 3.8) is 0 Å². The third-order valence-electron chi connectivity index (χ3n) is 6.76. The van der Waals surface area contributed by atoms with Crippen LogP contribution in [0.25, 0.3) is 0 Å². The van der Waals surface area contributed by atoms with Crippen molar-refractivity contribution in [3.05, 3.63) is 34.6 Å². The molecule has 2 fully saturated rings. The van der Waals surface area contributed by atoms with E-state index in [1.54, 1.807) is 19.1 Å². The molecule has 1 aromatic rings. The second kappa shape index (κ2) is 10.8. The van der Waals surface area contributed by atoms with E-state index in [4.69, 9.17) is 0 Å². The lowest BCUT2D eigenvalue weighted by atomic mass is 9.91. The number of fused-ring (bicyclic) bond motifs is 1. The molecule has 3 amide bonds. The number of amides is 3. The topological polar surface area (TPSA) is 78.5 Å². The molecule has 4 rings (SSSR count). The van der Waals surface area contributed by atoms with Crippen molar-refractivity contribution in [2.24, 2.45) is 5.41 Å². The molecule has 0 spiro atoms. The summed E-state index contributed by atoms with van der Waals surface area (Å²) in [5, 5.41) is 5.89. The number of imide groups is 1. The lowest BCUT2D eigenvalue weighted by Gasteiger charge is -2.29. The monoisotopic (exact) mass is 459 g/mol. The summed E-state index contributed by atoms with van der Waals surface area (Å²) in [5.41, 5.74) is 1.60. The van der Waals surface area contributed by atoms with E-state index in [0.717, 1.165) is 6.04 Å². The van der Waals surface area contributed by atoms with Gasteiger partial charge < -0.3 is 10.2 Å². The minimum absolute atomic E-state index is 0.0773. The number of nitrogens with one attached hydrogen (secondary N) is 2. The molecule has 1 saturated carbocycles. The van der Waals surface area contributed by atoms with Crippen LogP contribution in [0.5, 0.6) is 0 Å². The largest absolute Gasteiger partial charge is 0.322 e. The van der Waals surface area contributed by atoms with Gasteiger partial charge in [-0.25, -0.2) is 4.39 Å². The first-order valence-corrected chi connectivity index (χ1v) is 12.2. The molecular weight excluding hydrogens is 421 g/mol. The molecule has 0 radical (unpaired) electrons. The Morgan fingerprint density at radius 3 is 2.42 bits per heavy atom. The lowest BCUT2D eigenvalue weighted by molar-refractivity contribution is -0.136. The molecule has 2 N–H and O–H groups in total. The van der Waals surface area contributed by atoms with E-state index in [1.807, 2.05) is 0 Å². The highest BCUT2D eigenvalue weighted by atomic mass is 19.1. The number of piperidine rings is 1. The van der Waals surface area contributed by atoms with E-state index >= 15 is 0 Å². The fourth-order valence-electron chi connectivity index (χ4n) is 4.68. The van der Waals surface area contributed by atoms with Crippen molar-refractivity contribution in [2.45, 2.75) is 97.7 Å². The summed E-state index contributed by atoms with van der Waals surface area (Å²) in [4.78, 5) is 36.6. The summed E-state index contributed by atoms with van der Waals surface area (Å²) in [6.07, 6.45) is 8.92. The third-order valence-corrected chi connectivity index (χ3v) is 6.76. The maximum Gasteiger partial charge on any atom is 0.255 e. The molecule has 2 aliphatic heterocycles. The molecular formula is C26H38FN3O3. The minimum Gasteiger partial charge on any atom is -0.322 e. The van der Waals surface area contributed by atoms with Crippen LogP contribution >= 0.6 is 0 Å². The van der Waals surface area contributed by atoms with Gasteiger partial charge in [0.25, 0.3) is 5.91 Å². The van der Waals surface area contributed by atoms with Crippen LogP contribution in [0.3, 0.4) is 0 Å². The third kappa shape index (κ3) is 6.62. The lowest BCUT2D eigenvalue weighted by Crippen LogP contribution is -2.52. The normalized spacial score (nSPS) is 21.4. The Morgan fingerprint density at radius 2 is 1.79 bits per heavy atom. The fourth-order valence-corrected chi connectivity index (χ4v) is 4.68. The molecule has 1 atom stereocenters. The average Bonchev–Trinajstić information content (AvgIpc) is 3.08. The molecule has 0 bridgehead atoms. The zero-order chi connectivity index (χ0) is 24.2. The van der Waals surface area contributed by atoms with Crippen LogP contribution in [-0.2, 0) is 16.1 Å². The van der Waals surface area contributed by atoms with Crippen LogP contribution in [0.2, 0.25) is 0 Å². The Hall–Kier alpha value is -2.28. The average molecular weight is 460 g/mol. The molecule has 3 aliphatic rings. The van der Waals surface area contributed by atoms with E-state index in [9.17, 15) is 18.8 Å². The van der Waals surface area contributed by atoms with E-state index in [0.29, 0.717) is 22.1 Å². The van der Waals surface area contributed by atoms with Gasteiger partial charge >= 0.3 is 0 Å². The molecule has 182 valence electrons. The van der Waals surface area contributed by atoms with Crippen LogP contribution < -0.4 is 10.6 Å². The predicted octanol–water partition coefficient (Wildman–Crippen LogP) is 4.24. The van der Waals surface area contributed by atoms with Gasteiger partial charge in [0.15, 0.2) is 0 Å².